The van der Waals surface area contributed by atoms with Crippen LogP contribution in [0.15, 0.2) is 22.8 Å². The van der Waals surface area contributed by atoms with Gasteiger partial charge in [0, 0.05) is 39.8 Å². The Balaban J connectivity index is 1.46. The number of carbonyl (C=O) groups is 3. The highest BCUT2D eigenvalue weighted by Gasteiger charge is 2.50. The van der Waals surface area contributed by atoms with Gasteiger partial charge in [-0.15, -0.1) is 0 Å². The maximum atomic E-state index is 12.7. The molecule has 2 heterocycles. The predicted octanol–water partition coefficient (Wildman–Crippen LogP) is 1.46. The van der Waals surface area contributed by atoms with E-state index >= 15 is 0 Å². The van der Waals surface area contributed by atoms with Gasteiger partial charge in [0.25, 0.3) is 5.91 Å². The molecule has 3 rings (SSSR count). The van der Waals surface area contributed by atoms with E-state index < -0.39 is 0 Å². The van der Waals surface area contributed by atoms with Crippen molar-refractivity contribution in [3.05, 3.63) is 24.2 Å². The minimum atomic E-state index is -0.182. The minimum Gasteiger partial charge on any atom is -0.459 e. The Kier molecular flexibility index (Phi) is 5.64. The lowest BCUT2D eigenvalue weighted by atomic mass is 10.2. The Bertz CT molecular complexity index is 650. The molecule has 1 aromatic rings. The summed E-state index contributed by atoms with van der Waals surface area (Å²) in [6.07, 6.45) is 4.17. The molecule has 0 bridgehead atoms. The van der Waals surface area contributed by atoms with Crippen molar-refractivity contribution in [3.8, 4) is 0 Å². The number of carbonyl (C=O) groups excluding carboxylic acids is 3. The highest BCUT2D eigenvalue weighted by atomic mass is 16.3. The molecule has 7 nitrogen and oxygen atoms in total. The lowest BCUT2D eigenvalue weighted by Crippen LogP contribution is -2.51. The molecule has 3 amide bonds. The molecule has 1 aliphatic heterocycles. The zero-order valence-corrected chi connectivity index (χ0v) is 15.5. The highest BCUT2D eigenvalue weighted by molar-refractivity contribution is 5.93. The van der Waals surface area contributed by atoms with Crippen LogP contribution in [0.25, 0.3) is 0 Å². The van der Waals surface area contributed by atoms with Crippen LogP contribution in [0.1, 0.15) is 36.7 Å². The number of piperazine rings is 1. The van der Waals surface area contributed by atoms with Crippen LogP contribution in [-0.2, 0) is 9.59 Å². The first-order valence-corrected chi connectivity index (χ1v) is 9.39. The minimum absolute atomic E-state index is 0.0531. The van der Waals surface area contributed by atoms with Crippen LogP contribution < -0.4 is 0 Å². The van der Waals surface area contributed by atoms with E-state index in [1.165, 1.54) is 6.26 Å². The number of hydrogen-bond acceptors (Lipinski definition) is 4. The van der Waals surface area contributed by atoms with E-state index in [2.05, 4.69) is 6.92 Å². The molecular formula is C19H27N3O4. The van der Waals surface area contributed by atoms with Crippen LogP contribution in [0.3, 0.4) is 0 Å². The monoisotopic (exact) mass is 361 g/mol. The third-order valence-electron chi connectivity index (χ3n) is 5.26. The summed E-state index contributed by atoms with van der Waals surface area (Å²) in [5.74, 6) is -0.0151. The van der Waals surface area contributed by atoms with Gasteiger partial charge in [-0.05, 0) is 25.0 Å². The van der Waals surface area contributed by atoms with Crippen molar-refractivity contribution in [1.82, 2.24) is 14.7 Å². The molecule has 1 aromatic heterocycles. The van der Waals surface area contributed by atoms with Crippen molar-refractivity contribution >= 4 is 17.7 Å². The standard InChI is InChI=1S/C19H27N3O4/c1-3-4-7-20(2)17(23)14-13-15(14)18(24)21-8-10-22(11-9-21)19(25)16-6-5-12-26-16/h5-6,12,14-15H,3-4,7-11,13H2,1-2H3. The number of amides is 3. The summed E-state index contributed by atoms with van der Waals surface area (Å²) in [4.78, 5) is 42.5. The molecule has 142 valence electrons. The summed E-state index contributed by atoms with van der Waals surface area (Å²) in [5, 5.41) is 0. The van der Waals surface area contributed by atoms with Crippen LogP contribution in [0.2, 0.25) is 0 Å². The molecule has 0 radical (unpaired) electrons. The average molecular weight is 361 g/mol. The Labute approximate surface area is 153 Å². The SMILES string of the molecule is CCCCN(C)C(=O)C1CC1C(=O)N1CCN(C(=O)c2ccco2)CC1. The van der Waals surface area contributed by atoms with Gasteiger partial charge < -0.3 is 19.1 Å². The van der Waals surface area contributed by atoms with Crippen molar-refractivity contribution in [1.29, 1.82) is 0 Å². The van der Waals surface area contributed by atoms with Gasteiger partial charge in [0.15, 0.2) is 5.76 Å². The zero-order valence-electron chi connectivity index (χ0n) is 15.5. The first-order valence-electron chi connectivity index (χ1n) is 9.39. The maximum Gasteiger partial charge on any atom is 0.289 e. The van der Waals surface area contributed by atoms with Gasteiger partial charge in [-0.3, -0.25) is 14.4 Å². The molecular weight excluding hydrogens is 334 g/mol. The summed E-state index contributed by atoms with van der Waals surface area (Å²) in [5.41, 5.74) is 0. The van der Waals surface area contributed by atoms with Gasteiger partial charge in [0.05, 0.1) is 18.1 Å². The summed E-state index contributed by atoms with van der Waals surface area (Å²) in [7, 11) is 1.82. The normalized spacial score (nSPS) is 22.2. The smallest absolute Gasteiger partial charge is 0.289 e. The third kappa shape index (κ3) is 3.92. The Hall–Kier alpha value is -2.31. The largest absolute Gasteiger partial charge is 0.459 e. The molecule has 0 spiro atoms. The van der Waals surface area contributed by atoms with Crippen LogP contribution in [0.4, 0.5) is 0 Å². The topological polar surface area (TPSA) is 74.1 Å². The van der Waals surface area contributed by atoms with E-state index in [1.54, 1.807) is 26.8 Å². The number of nitrogens with zero attached hydrogens (tertiary/aromatic N) is 3. The lowest BCUT2D eigenvalue weighted by molar-refractivity contribution is -0.138. The Morgan fingerprint density at radius 1 is 1.15 bits per heavy atom. The second kappa shape index (κ2) is 7.93. The molecule has 7 heteroatoms. The second-order valence-electron chi connectivity index (χ2n) is 7.16. The molecule has 2 aliphatic rings. The van der Waals surface area contributed by atoms with E-state index in [0.717, 1.165) is 19.4 Å². The van der Waals surface area contributed by atoms with E-state index in [0.29, 0.717) is 38.4 Å². The number of rotatable bonds is 6. The zero-order chi connectivity index (χ0) is 18.7. The van der Waals surface area contributed by atoms with Crippen molar-refractivity contribution < 1.29 is 18.8 Å². The summed E-state index contributed by atoms with van der Waals surface area (Å²) >= 11 is 0. The van der Waals surface area contributed by atoms with E-state index in [1.807, 2.05) is 7.05 Å². The average Bonchev–Trinajstić information content (AvgIpc) is 3.28. The van der Waals surface area contributed by atoms with Crippen LogP contribution >= 0.6 is 0 Å². The van der Waals surface area contributed by atoms with Gasteiger partial charge >= 0.3 is 0 Å². The Morgan fingerprint density at radius 2 is 1.85 bits per heavy atom. The highest BCUT2D eigenvalue weighted by Crippen LogP contribution is 2.41. The van der Waals surface area contributed by atoms with Gasteiger partial charge in [-0.2, -0.15) is 0 Å². The molecule has 1 saturated heterocycles. The number of unbranched alkanes of at least 4 members (excludes halogenated alkanes) is 1. The van der Waals surface area contributed by atoms with Crippen molar-refractivity contribution in [2.45, 2.75) is 26.2 Å². The molecule has 1 aliphatic carbocycles. The van der Waals surface area contributed by atoms with Gasteiger partial charge in [-0.1, -0.05) is 13.3 Å². The fourth-order valence-electron chi connectivity index (χ4n) is 3.45. The van der Waals surface area contributed by atoms with Crippen molar-refractivity contribution in [3.63, 3.8) is 0 Å². The molecule has 2 fully saturated rings. The van der Waals surface area contributed by atoms with E-state index in [-0.39, 0.29) is 29.6 Å². The van der Waals surface area contributed by atoms with Crippen LogP contribution in [-0.4, -0.2) is 72.2 Å². The fraction of sp³-hybridized carbons (Fsp3) is 0.632. The first-order chi connectivity index (χ1) is 12.5. The quantitative estimate of drug-likeness (QED) is 0.769. The van der Waals surface area contributed by atoms with Gasteiger partial charge in [0.2, 0.25) is 11.8 Å². The van der Waals surface area contributed by atoms with Gasteiger partial charge in [-0.25, -0.2) is 0 Å². The van der Waals surface area contributed by atoms with E-state index in [4.69, 9.17) is 4.42 Å². The first kappa shape index (κ1) is 18.5. The molecule has 2 unspecified atom stereocenters. The van der Waals surface area contributed by atoms with Crippen LogP contribution in [0.5, 0.6) is 0 Å². The lowest BCUT2D eigenvalue weighted by Gasteiger charge is -2.34. The second-order valence-corrected chi connectivity index (χ2v) is 7.16. The van der Waals surface area contributed by atoms with Gasteiger partial charge in [0.1, 0.15) is 0 Å². The molecule has 1 saturated carbocycles. The summed E-state index contributed by atoms with van der Waals surface area (Å²) in [6.45, 7) is 4.85. The fourth-order valence-corrected chi connectivity index (χ4v) is 3.45. The molecule has 26 heavy (non-hydrogen) atoms. The third-order valence-corrected chi connectivity index (χ3v) is 5.26. The number of furan rings is 1. The maximum absolute atomic E-state index is 12.7. The molecule has 2 atom stereocenters. The summed E-state index contributed by atoms with van der Waals surface area (Å²) in [6, 6.07) is 3.34. The van der Waals surface area contributed by atoms with E-state index in [9.17, 15) is 14.4 Å². The number of hydrogen-bond donors (Lipinski definition) is 0. The van der Waals surface area contributed by atoms with Crippen LogP contribution in [0, 0.1) is 11.8 Å². The molecule has 0 aromatic carbocycles. The van der Waals surface area contributed by atoms with Crippen molar-refractivity contribution in [2.75, 3.05) is 39.8 Å². The Morgan fingerprint density at radius 3 is 2.46 bits per heavy atom. The molecule has 0 N–H and O–H groups in total. The predicted molar refractivity (Wildman–Crippen MR) is 95.3 cm³/mol. The summed E-state index contributed by atoms with van der Waals surface area (Å²) < 4.78 is 5.15. The van der Waals surface area contributed by atoms with Crippen molar-refractivity contribution in [2.24, 2.45) is 11.8 Å².